The first-order valence-electron chi connectivity index (χ1n) is 8.78. The zero-order valence-electron chi connectivity index (χ0n) is 14.3. The molecule has 7 nitrogen and oxygen atoms in total. The van der Waals surface area contributed by atoms with E-state index in [0.29, 0.717) is 24.3 Å². The molecular formula is C17H22ClN3O4S. The van der Waals surface area contributed by atoms with Crippen LogP contribution in [0, 0.1) is 0 Å². The number of anilines is 2. The standard InChI is InChI=1S/C17H22ClN3O4S/c18-14-8-7-13(11-15(14)21-9-4-10-26(21,24)25)20-17(23)16(22)19-12-5-2-1-3-6-12/h7-8,11-12H,1-6,9-10H2,(H,19,22)(H,20,23). The molecule has 2 fully saturated rings. The molecule has 0 atom stereocenters. The molecule has 1 aliphatic heterocycles. The van der Waals surface area contributed by atoms with Crippen LogP contribution in [0.15, 0.2) is 18.2 Å². The van der Waals surface area contributed by atoms with Gasteiger partial charge >= 0.3 is 11.8 Å². The summed E-state index contributed by atoms with van der Waals surface area (Å²) in [4.78, 5) is 24.2. The van der Waals surface area contributed by atoms with Gasteiger partial charge in [-0.2, -0.15) is 0 Å². The van der Waals surface area contributed by atoms with Gasteiger partial charge in [-0.15, -0.1) is 0 Å². The maximum absolute atomic E-state index is 12.1. The summed E-state index contributed by atoms with van der Waals surface area (Å²) in [6.07, 6.45) is 5.56. The normalized spacial score (nSPS) is 20.0. The number of nitrogens with zero attached hydrogens (tertiary/aromatic N) is 1. The Kier molecular flexibility index (Phi) is 5.72. The van der Waals surface area contributed by atoms with Crippen LogP contribution in [0.5, 0.6) is 0 Å². The summed E-state index contributed by atoms with van der Waals surface area (Å²) in [6, 6.07) is 4.58. The van der Waals surface area contributed by atoms with Crippen molar-refractivity contribution in [3.05, 3.63) is 23.2 Å². The van der Waals surface area contributed by atoms with E-state index in [1.807, 2.05) is 0 Å². The van der Waals surface area contributed by atoms with Crippen LogP contribution in [0.3, 0.4) is 0 Å². The number of hydrogen-bond acceptors (Lipinski definition) is 4. The number of rotatable bonds is 3. The van der Waals surface area contributed by atoms with E-state index >= 15 is 0 Å². The Morgan fingerprint density at radius 3 is 2.46 bits per heavy atom. The van der Waals surface area contributed by atoms with Crippen molar-refractivity contribution < 1.29 is 18.0 Å². The molecule has 1 aromatic carbocycles. The van der Waals surface area contributed by atoms with E-state index in [9.17, 15) is 18.0 Å². The van der Waals surface area contributed by atoms with Crippen LogP contribution in [-0.2, 0) is 19.6 Å². The minimum absolute atomic E-state index is 0.0394. The summed E-state index contributed by atoms with van der Waals surface area (Å²) in [5.74, 6) is -1.38. The highest BCUT2D eigenvalue weighted by atomic mass is 35.5. The van der Waals surface area contributed by atoms with Crippen LogP contribution in [0.25, 0.3) is 0 Å². The minimum Gasteiger partial charge on any atom is -0.345 e. The minimum atomic E-state index is -3.39. The van der Waals surface area contributed by atoms with Crippen LogP contribution >= 0.6 is 11.6 Å². The first-order chi connectivity index (χ1) is 12.4. The first kappa shape index (κ1) is 19.0. The Morgan fingerprint density at radius 1 is 1.08 bits per heavy atom. The molecular weight excluding hydrogens is 378 g/mol. The fourth-order valence-electron chi connectivity index (χ4n) is 3.38. The van der Waals surface area contributed by atoms with Crippen LogP contribution in [-0.4, -0.2) is 38.6 Å². The Labute approximate surface area is 158 Å². The average Bonchev–Trinajstić information content (AvgIpc) is 2.96. The molecule has 1 saturated carbocycles. The molecule has 0 spiro atoms. The molecule has 9 heteroatoms. The number of benzene rings is 1. The summed E-state index contributed by atoms with van der Waals surface area (Å²) < 4.78 is 25.4. The van der Waals surface area contributed by atoms with Crippen molar-refractivity contribution in [1.82, 2.24) is 5.32 Å². The number of carbonyl (C=O) groups is 2. The molecule has 1 aliphatic carbocycles. The molecule has 0 aromatic heterocycles. The molecule has 2 aliphatic rings. The van der Waals surface area contributed by atoms with Gasteiger partial charge < -0.3 is 10.6 Å². The summed E-state index contributed by atoms with van der Waals surface area (Å²) in [6.45, 7) is 0.349. The second-order valence-corrected chi connectivity index (χ2v) is 9.09. The molecule has 142 valence electrons. The van der Waals surface area contributed by atoms with E-state index in [1.54, 1.807) is 6.07 Å². The Balaban J connectivity index is 1.68. The predicted octanol–water partition coefficient (Wildman–Crippen LogP) is 2.27. The van der Waals surface area contributed by atoms with Crippen molar-refractivity contribution in [3.63, 3.8) is 0 Å². The smallest absolute Gasteiger partial charge is 0.313 e. The summed E-state index contributed by atoms with van der Waals surface area (Å²) in [5.41, 5.74) is 0.643. The van der Waals surface area contributed by atoms with E-state index in [4.69, 9.17) is 11.6 Å². The van der Waals surface area contributed by atoms with Gasteiger partial charge in [-0.1, -0.05) is 30.9 Å². The fourth-order valence-corrected chi connectivity index (χ4v) is 5.22. The zero-order chi connectivity index (χ0) is 18.7. The third-order valence-electron chi connectivity index (χ3n) is 4.72. The predicted molar refractivity (Wildman–Crippen MR) is 101 cm³/mol. The molecule has 0 unspecified atom stereocenters. The van der Waals surface area contributed by atoms with Crippen LogP contribution in [0.4, 0.5) is 11.4 Å². The SMILES string of the molecule is O=C(Nc1ccc(Cl)c(N2CCCS2(=O)=O)c1)C(=O)NC1CCCCC1. The lowest BCUT2D eigenvalue weighted by molar-refractivity contribution is -0.136. The number of nitrogens with one attached hydrogen (secondary N) is 2. The van der Waals surface area contributed by atoms with E-state index in [1.165, 1.54) is 16.4 Å². The van der Waals surface area contributed by atoms with Gasteiger partial charge in [0.2, 0.25) is 10.0 Å². The molecule has 26 heavy (non-hydrogen) atoms. The topological polar surface area (TPSA) is 95.6 Å². The average molecular weight is 400 g/mol. The second-order valence-electron chi connectivity index (χ2n) is 6.67. The highest BCUT2D eigenvalue weighted by Crippen LogP contribution is 2.33. The largest absolute Gasteiger partial charge is 0.345 e. The van der Waals surface area contributed by atoms with Crippen molar-refractivity contribution in [3.8, 4) is 0 Å². The highest BCUT2D eigenvalue weighted by molar-refractivity contribution is 7.93. The summed E-state index contributed by atoms with van der Waals surface area (Å²) in [7, 11) is -3.39. The van der Waals surface area contributed by atoms with Gasteiger partial charge in [-0.25, -0.2) is 8.42 Å². The molecule has 0 radical (unpaired) electrons. The van der Waals surface area contributed by atoms with Crippen LogP contribution in [0.2, 0.25) is 5.02 Å². The Bertz CT molecular complexity index is 806. The van der Waals surface area contributed by atoms with Crippen molar-refractivity contribution in [2.24, 2.45) is 0 Å². The lowest BCUT2D eigenvalue weighted by Crippen LogP contribution is -2.42. The van der Waals surface area contributed by atoms with Gasteiger partial charge in [0.25, 0.3) is 0 Å². The van der Waals surface area contributed by atoms with E-state index < -0.39 is 21.8 Å². The number of amides is 2. The zero-order valence-corrected chi connectivity index (χ0v) is 15.9. The first-order valence-corrected chi connectivity index (χ1v) is 10.8. The van der Waals surface area contributed by atoms with Gasteiger partial charge in [0, 0.05) is 18.3 Å². The Morgan fingerprint density at radius 2 is 1.81 bits per heavy atom. The number of sulfonamides is 1. The van der Waals surface area contributed by atoms with Gasteiger partial charge in [-0.05, 0) is 37.5 Å². The quantitative estimate of drug-likeness (QED) is 0.762. The van der Waals surface area contributed by atoms with E-state index in [2.05, 4.69) is 10.6 Å². The molecule has 1 saturated heterocycles. The fraction of sp³-hybridized carbons (Fsp3) is 0.529. The van der Waals surface area contributed by atoms with Crippen molar-refractivity contribution in [1.29, 1.82) is 0 Å². The number of hydrogen-bond donors (Lipinski definition) is 2. The third kappa shape index (κ3) is 4.29. The highest BCUT2D eigenvalue weighted by Gasteiger charge is 2.30. The van der Waals surface area contributed by atoms with Gasteiger partial charge in [-0.3, -0.25) is 13.9 Å². The molecule has 0 bridgehead atoms. The van der Waals surface area contributed by atoms with Crippen molar-refractivity contribution in [2.75, 3.05) is 21.9 Å². The molecule has 2 N–H and O–H groups in total. The van der Waals surface area contributed by atoms with Crippen LogP contribution < -0.4 is 14.9 Å². The van der Waals surface area contributed by atoms with Crippen molar-refractivity contribution >= 4 is 44.8 Å². The maximum atomic E-state index is 12.1. The van der Waals surface area contributed by atoms with E-state index in [-0.39, 0.29) is 16.8 Å². The molecule has 2 amide bonds. The molecule has 3 rings (SSSR count). The van der Waals surface area contributed by atoms with Gasteiger partial charge in [0.05, 0.1) is 16.5 Å². The second kappa shape index (κ2) is 7.84. The van der Waals surface area contributed by atoms with Crippen molar-refractivity contribution in [2.45, 2.75) is 44.6 Å². The monoisotopic (exact) mass is 399 g/mol. The van der Waals surface area contributed by atoms with Gasteiger partial charge in [0.1, 0.15) is 0 Å². The maximum Gasteiger partial charge on any atom is 0.313 e. The Hall–Kier alpha value is -1.80. The van der Waals surface area contributed by atoms with Crippen LogP contribution in [0.1, 0.15) is 38.5 Å². The third-order valence-corrected chi connectivity index (χ3v) is 6.89. The number of halogens is 1. The lowest BCUT2D eigenvalue weighted by Gasteiger charge is -2.22. The van der Waals surface area contributed by atoms with Gasteiger partial charge in [0.15, 0.2) is 0 Å². The summed E-state index contributed by atoms with van der Waals surface area (Å²) in [5, 5.41) is 5.55. The lowest BCUT2D eigenvalue weighted by atomic mass is 9.95. The van der Waals surface area contributed by atoms with E-state index in [0.717, 1.165) is 32.1 Å². The molecule has 1 aromatic rings. The number of carbonyl (C=O) groups excluding carboxylic acids is 2. The molecule has 1 heterocycles. The summed E-state index contributed by atoms with van der Waals surface area (Å²) >= 11 is 6.13.